The summed E-state index contributed by atoms with van der Waals surface area (Å²) in [6.45, 7) is 7.32. The van der Waals surface area contributed by atoms with Gasteiger partial charge in [0.25, 0.3) is 0 Å². The van der Waals surface area contributed by atoms with Gasteiger partial charge in [0.1, 0.15) is 0 Å². The molecule has 0 aliphatic carbocycles. The first-order valence-corrected chi connectivity index (χ1v) is 5.78. The van der Waals surface area contributed by atoms with E-state index in [0.717, 1.165) is 37.6 Å². The number of rotatable bonds is 4. The molecule has 0 bridgehead atoms. The minimum Gasteiger partial charge on any atom is -0.391 e. The monoisotopic (exact) mass is 224 g/mol. The first-order chi connectivity index (χ1) is 7.68. The molecule has 0 saturated carbocycles. The van der Waals surface area contributed by atoms with Gasteiger partial charge in [-0.1, -0.05) is 0 Å². The fourth-order valence-corrected chi connectivity index (χ4v) is 2.14. The van der Waals surface area contributed by atoms with Crippen molar-refractivity contribution in [3.05, 3.63) is 17.0 Å². The van der Waals surface area contributed by atoms with Gasteiger partial charge in [-0.2, -0.15) is 5.10 Å². The van der Waals surface area contributed by atoms with E-state index in [1.807, 2.05) is 13.8 Å². The van der Waals surface area contributed by atoms with E-state index in [4.69, 9.17) is 0 Å². The van der Waals surface area contributed by atoms with Gasteiger partial charge in [-0.05, 0) is 13.8 Å². The van der Waals surface area contributed by atoms with Crippen LogP contribution in [0.3, 0.4) is 0 Å². The Morgan fingerprint density at radius 1 is 1.44 bits per heavy atom. The van der Waals surface area contributed by atoms with E-state index in [1.54, 1.807) is 0 Å². The molecule has 1 aliphatic rings. The summed E-state index contributed by atoms with van der Waals surface area (Å²) in [4.78, 5) is 0. The summed E-state index contributed by atoms with van der Waals surface area (Å²) in [6.07, 6.45) is -0.209. The summed E-state index contributed by atoms with van der Waals surface area (Å²) in [5.74, 6) is 0.326. The SMILES string of the molecule is Cc1n[nH]c(C)c1CNCC1CNCC1O. The zero-order valence-corrected chi connectivity index (χ0v) is 9.88. The number of nitrogens with one attached hydrogen (secondary N) is 3. The van der Waals surface area contributed by atoms with Crippen molar-refractivity contribution in [1.82, 2.24) is 20.8 Å². The molecule has 16 heavy (non-hydrogen) atoms. The number of aryl methyl sites for hydroxylation is 2. The largest absolute Gasteiger partial charge is 0.391 e. The molecule has 1 fully saturated rings. The lowest BCUT2D eigenvalue weighted by Gasteiger charge is -2.14. The van der Waals surface area contributed by atoms with Gasteiger partial charge in [0.05, 0.1) is 11.8 Å². The molecule has 1 aliphatic heterocycles. The van der Waals surface area contributed by atoms with Gasteiger partial charge in [0.2, 0.25) is 0 Å². The fourth-order valence-electron chi connectivity index (χ4n) is 2.14. The van der Waals surface area contributed by atoms with E-state index < -0.39 is 0 Å². The second-order valence-corrected chi connectivity index (χ2v) is 4.53. The van der Waals surface area contributed by atoms with E-state index >= 15 is 0 Å². The van der Waals surface area contributed by atoms with Crippen molar-refractivity contribution in [3.8, 4) is 0 Å². The van der Waals surface area contributed by atoms with Crippen LogP contribution in [0.4, 0.5) is 0 Å². The Hall–Kier alpha value is -0.910. The van der Waals surface area contributed by atoms with Crippen LogP contribution in [0.25, 0.3) is 0 Å². The Morgan fingerprint density at radius 2 is 2.25 bits per heavy atom. The zero-order valence-electron chi connectivity index (χ0n) is 9.88. The Balaban J connectivity index is 1.80. The van der Waals surface area contributed by atoms with Crippen LogP contribution in [0, 0.1) is 19.8 Å². The van der Waals surface area contributed by atoms with Crippen LogP contribution in [-0.4, -0.2) is 41.0 Å². The van der Waals surface area contributed by atoms with Crippen molar-refractivity contribution in [2.24, 2.45) is 5.92 Å². The highest BCUT2D eigenvalue weighted by Gasteiger charge is 2.24. The third-order valence-corrected chi connectivity index (χ3v) is 3.29. The smallest absolute Gasteiger partial charge is 0.0716 e. The molecule has 2 rings (SSSR count). The number of hydrogen-bond acceptors (Lipinski definition) is 4. The third-order valence-electron chi connectivity index (χ3n) is 3.29. The van der Waals surface area contributed by atoms with Crippen LogP contribution >= 0.6 is 0 Å². The van der Waals surface area contributed by atoms with E-state index in [0.29, 0.717) is 5.92 Å². The topological polar surface area (TPSA) is 73.0 Å². The molecule has 2 unspecified atom stereocenters. The first-order valence-electron chi connectivity index (χ1n) is 5.78. The minimum atomic E-state index is -0.209. The minimum absolute atomic E-state index is 0.209. The van der Waals surface area contributed by atoms with Gasteiger partial charge in [0.15, 0.2) is 0 Å². The van der Waals surface area contributed by atoms with Gasteiger partial charge in [-0.15, -0.1) is 0 Å². The molecule has 1 aromatic rings. The van der Waals surface area contributed by atoms with Crippen molar-refractivity contribution >= 4 is 0 Å². The van der Waals surface area contributed by atoms with Crippen molar-refractivity contribution in [2.75, 3.05) is 19.6 Å². The Labute approximate surface area is 95.6 Å². The van der Waals surface area contributed by atoms with Gasteiger partial charge < -0.3 is 15.7 Å². The lowest BCUT2D eigenvalue weighted by molar-refractivity contribution is 0.146. The number of nitrogens with zero attached hydrogens (tertiary/aromatic N) is 1. The van der Waals surface area contributed by atoms with Gasteiger partial charge in [0, 0.05) is 43.4 Å². The normalized spacial score (nSPS) is 25.2. The second-order valence-electron chi connectivity index (χ2n) is 4.53. The number of H-pyrrole nitrogens is 1. The highest BCUT2D eigenvalue weighted by Crippen LogP contribution is 2.10. The summed E-state index contributed by atoms with van der Waals surface area (Å²) >= 11 is 0. The maximum Gasteiger partial charge on any atom is 0.0716 e. The summed E-state index contributed by atoms with van der Waals surface area (Å²) in [6, 6.07) is 0. The average molecular weight is 224 g/mol. The standard InChI is InChI=1S/C11H20N4O/c1-7-10(8(2)15-14-7)5-12-3-9-4-13-6-11(9)16/h9,11-13,16H,3-6H2,1-2H3,(H,14,15). The first kappa shape index (κ1) is 11.6. The summed E-state index contributed by atoms with van der Waals surface area (Å²) < 4.78 is 0. The van der Waals surface area contributed by atoms with Crippen molar-refractivity contribution in [2.45, 2.75) is 26.5 Å². The van der Waals surface area contributed by atoms with Crippen LogP contribution in [0.5, 0.6) is 0 Å². The number of aliphatic hydroxyl groups is 1. The Bertz CT molecular complexity index is 330. The molecule has 5 heteroatoms. The molecule has 4 N–H and O–H groups in total. The molecular weight excluding hydrogens is 204 g/mol. The highest BCUT2D eigenvalue weighted by molar-refractivity contribution is 5.22. The number of aromatic amines is 1. The van der Waals surface area contributed by atoms with Crippen LogP contribution in [0.15, 0.2) is 0 Å². The van der Waals surface area contributed by atoms with Crippen molar-refractivity contribution in [1.29, 1.82) is 0 Å². The Kier molecular flexibility index (Phi) is 3.58. The van der Waals surface area contributed by atoms with Crippen molar-refractivity contribution in [3.63, 3.8) is 0 Å². The summed E-state index contributed by atoms with van der Waals surface area (Å²) in [7, 11) is 0. The average Bonchev–Trinajstić information content (AvgIpc) is 2.79. The molecule has 0 radical (unpaired) electrons. The maximum absolute atomic E-state index is 9.63. The number of aromatic nitrogens is 2. The van der Waals surface area contributed by atoms with Crippen LogP contribution < -0.4 is 10.6 Å². The quantitative estimate of drug-likeness (QED) is 0.566. The van der Waals surface area contributed by atoms with Crippen LogP contribution in [0.1, 0.15) is 17.0 Å². The zero-order chi connectivity index (χ0) is 11.5. The molecule has 5 nitrogen and oxygen atoms in total. The summed E-state index contributed by atoms with van der Waals surface area (Å²) in [5.41, 5.74) is 3.41. The van der Waals surface area contributed by atoms with E-state index in [2.05, 4.69) is 20.8 Å². The predicted molar refractivity (Wildman–Crippen MR) is 62.1 cm³/mol. The highest BCUT2D eigenvalue weighted by atomic mass is 16.3. The predicted octanol–water partition coefficient (Wildman–Crippen LogP) is -0.304. The molecule has 2 atom stereocenters. The lowest BCUT2D eigenvalue weighted by atomic mass is 10.1. The van der Waals surface area contributed by atoms with Gasteiger partial charge >= 0.3 is 0 Å². The molecule has 0 aromatic carbocycles. The van der Waals surface area contributed by atoms with E-state index in [1.165, 1.54) is 5.56 Å². The second kappa shape index (κ2) is 4.95. The van der Waals surface area contributed by atoms with E-state index in [9.17, 15) is 5.11 Å². The van der Waals surface area contributed by atoms with Crippen molar-refractivity contribution < 1.29 is 5.11 Å². The molecule has 1 aromatic heterocycles. The number of aliphatic hydroxyl groups excluding tert-OH is 1. The third kappa shape index (κ3) is 2.42. The molecule has 0 amide bonds. The summed E-state index contributed by atoms with van der Waals surface area (Å²) in [5, 5.41) is 23.3. The van der Waals surface area contributed by atoms with Gasteiger partial charge in [-0.3, -0.25) is 5.10 Å². The number of β-amino-alcohol motifs (C(OH)–C–C–N with tert-alkyl or cyclic N) is 1. The fraction of sp³-hybridized carbons (Fsp3) is 0.727. The lowest BCUT2D eigenvalue weighted by Crippen LogP contribution is -2.30. The molecule has 0 spiro atoms. The molecule has 2 heterocycles. The van der Waals surface area contributed by atoms with Crippen LogP contribution in [-0.2, 0) is 6.54 Å². The maximum atomic E-state index is 9.63. The molecule has 90 valence electrons. The molecule has 1 saturated heterocycles. The van der Waals surface area contributed by atoms with Crippen LogP contribution in [0.2, 0.25) is 0 Å². The number of hydrogen-bond donors (Lipinski definition) is 4. The van der Waals surface area contributed by atoms with Gasteiger partial charge in [-0.25, -0.2) is 0 Å². The molecular formula is C11H20N4O. The Morgan fingerprint density at radius 3 is 2.81 bits per heavy atom. The van der Waals surface area contributed by atoms with E-state index in [-0.39, 0.29) is 6.10 Å².